The quantitative estimate of drug-likeness (QED) is 0.0207. The molecule has 0 aromatic rings. The first-order chi connectivity index (χ1) is 30.7. The van der Waals surface area contributed by atoms with Crippen LogP contribution in [-0.2, 0) is 51.9 Å². The third kappa shape index (κ3) is 37.6. The topological polar surface area (TPSA) is 262 Å². The summed E-state index contributed by atoms with van der Waals surface area (Å²) in [5, 5.41) is 16.0. The summed E-state index contributed by atoms with van der Waals surface area (Å²) in [6, 6.07) is -1.79. The number of unbranched alkanes of at least 4 members (excludes halogenated alkanes) is 14. The fourth-order valence-corrected chi connectivity index (χ4v) is 7.15. The van der Waals surface area contributed by atoms with Gasteiger partial charge in [-0.25, -0.2) is 4.57 Å². The van der Waals surface area contributed by atoms with Gasteiger partial charge >= 0.3 is 25.7 Å². The number of carbonyl (C=O) groups is 6. The van der Waals surface area contributed by atoms with Gasteiger partial charge in [0.05, 0.1) is 40.3 Å². The summed E-state index contributed by atoms with van der Waals surface area (Å²) in [5.41, 5.74) is 5.97. The lowest BCUT2D eigenvalue weighted by molar-refractivity contribution is -0.870. The molecule has 0 fully saturated rings. The van der Waals surface area contributed by atoms with E-state index in [1.807, 2.05) is 28.2 Å². The van der Waals surface area contributed by atoms with Crippen molar-refractivity contribution in [2.75, 3.05) is 80.7 Å². The Morgan fingerprint density at radius 2 is 1.25 bits per heavy atom. The van der Waals surface area contributed by atoms with E-state index in [1.54, 1.807) is 13.8 Å². The van der Waals surface area contributed by atoms with Crippen molar-refractivity contribution in [2.24, 2.45) is 11.7 Å². The van der Waals surface area contributed by atoms with Crippen molar-refractivity contribution < 1.29 is 66.3 Å². The number of hydrogen-bond donors (Lipinski definition) is 6. The minimum absolute atomic E-state index is 0.0338. The number of esters is 2. The molecule has 0 spiro atoms. The molecule has 0 aromatic heterocycles. The van der Waals surface area contributed by atoms with Crippen molar-refractivity contribution in [3.05, 3.63) is 0 Å². The maximum atomic E-state index is 12.9. The van der Waals surface area contributed by atoms with Crippen LogP contribution in [0.15, 0.2) is 0 Å². The summed E-state index contributed by atoms with van der Waals surface area (Å²) in [5.74, 6) is -4.19. The molecule has 3 amide bonds. The van der Waals surface area contributed by atoms with Crippen LogP contribution in [0, 0.1) is 5.92 Å². The minimum Gasteiger partial charge on any atom is -0.480 e. The maximum Gasteiger partial charge on any atom is 0.472 e. The van der Waals surface area contributed by atoms with E-state index in [2.05, 4.69) is 27.8 Å². The van der Waals surface area contributed by atoms with Crippen molar-refractivity contribution in [1.29, 1.82) is 0 Å². The average Bonchev–Trinajstić information content (AvgIpc) is 3.23. The zero-order chi connectivity index (χ0) is 49.1. The monoisotopic (exact) mass is 952 g/mol. The van der Waals surface area contributed by atoms with Crippen molar-refractivity contribution in [3.63, 3.8) is 0 Å². The predicted octanol–water partition coefficient (Wildman–Crippen LogP) is 4.82. The predicted molar refractivity (Wildman–Crippen MR) is 249 cm³/mol. The normalized spacial score (nSPS) is 14.0. The third-order valence-electron chi connectivity index (χ3n) is 10.6. The van der Waals surface area contributed by atoms with E-state index in [4.69, 9.17) is 29.4 Å². The number of phosphoric ester groups is 1. The van der Waals surface area contributed by atoms with Crippen LogP contribution in [0.3, 0.4) is 0 Å². The largest absolute Gasteiger partial charge is 0.480 e. The Bertz CT molecular complexity index is 1400. The lowest BCUT2D eigenvalue weighted by atomic mass is 10.0. The number of likely N-dealkylation sites (N-methyl/N-ethyl adjacent to an activating group) is 1. The molecular weight excluding hydrogens is 863 g/mol. The molecular formula is C45H88N6O13P+. The number of nitrogens with two attached hydrogens (primary N) is 1. The molecule has 0 aliphatic rings. The number of rotatable bonds is 42. The van der Waals surface area contributed by atoms with E-state index in [0.717, 1.165) is 19.3 Å². The maximum absolute atomic E-state index is 12.9. The first kappa shape index (κ1) is 61.8. The lowest BCUT2D eigenvalue weighted by Gasteiger charge is -2.24. The number of ether oxygens (including phenoxy) is 2. The van der Waals surface area contributed by atoms with E-state index in [1.165, 1.54) is 57.8 Å². The Morgan fingerprint density at radius 1 is 0.708 bits per heavy atom. The third-order valence-corrected chi connectivity index (χ3v) is 11.6. The summed E-state index contributed by atoms with van der Waals surface area (Å²) in [4.78, 5) is 85.9. The van der Waals surface area contributed by atoms with E-state index in [0.29, 0.717) is 56.2 Å². The summed E-state index contributed by atoms with van der Waals surface area (Å²) >= 11 is 0. The number of hydrogen-bond acceptors (Lipinski definition) is 13. The van der Waals surface area contributed by atoms with Gasteiger partial charge in [0.1, 0.15) is 32.3 Å². The van der Waals surface area contributed by atoms with Gasteiger partial charge in [0.15, 0.2) is 6.10 Å². The summed E-state index contributed by atoms with van der Waals surface area (Å²) in [6.07, 6.45) is 17.2. The number of nitrogens with zero attached hydrogens (tertiary/aromatic N) is 2. The fraction of sp³-hybridized carbons (Fsp3) is 0.867. The zero-order valence-electron chi connectivity index (χ0n) is 40.9. The fourth-order valence-electron chi connectivity index (χ4n) is 6.41. The Labute approximate surface area is 389 Å². The minimum atomic E-state index is -4.47. The van der Waals surface area contributed by atoms with Crippen molar-refractivity contribution >= 4 is 43.5 Å². The molecule has 65 heavy (non-hydrogen) atoms. The zero-order valence-corrected chi connectivity index (χ0v) is 41.8. The number of phosphoric acid groups is 1. The molecule has 0 aromatic carbocycles. The lowest BCUT2D eigenvalue weighted by Crippen LogP contribution is -2.54. The first-order valence-corrected chi connectivity index (χ1v) is 25.4. The average molecular weight is 952 g/mol. The van der Waals surface area contributed by atoms with E-state index in [-0.39, 0.29) is 38.4 Å². The highest BCUT2D eigenvalue weighted by molar-refractivity contribution is 7.47. The number of quaternary nitrogens is 1. The SMILES string of the molecule is CCCCCCCCCCCCCCCC(=O)OC[C@@H](COP(=O)(O)OCC[N+](C)(C)C)OC(=O)CCCCN(C)CCCC[C@H](NC(=O)[C@@H](N)C(C)C)C(=O)NCC(=O)NCC(=O)O. The van der Waals surface area contributed by atoms with Gasteiger partial charge in [-0.1, -0.05) is 97.8 Å². The van der Waals surface area contributed by atoms with Crippen LogP contribution in [0.1, 0.15) is 149 Å². The Morgan fingerprint density at radius 3 is 1.80 bits per heavy atom. The van der Waals surface area contributed by atoms with Gasteiger partial charge in [-0.15, -0.1) is 0 Å². The van der Waals surface area contributed by atoms with Gasteiger partial charge in [-0.2, -0.15) is 0 Å². The molecule has 0 heterocycles. The van der Waals surface area contributed by atoms with Crippen LogP contribution >= 0.6 is 7.82 Å². The molecule has 0 rings (SSSR count). The molecule has 380 valence electrons. The van der Waals surface area contributed by atoms with Crippen molar-refractivity contribution in [2.45, 2.75) is 167 Å². The van der Waals surface area contributed by atoms with Gasteiger partial charge in [-0.05, 0) is 64.6 Å². The number of carboxylic acid groups (broad SMARTS) is 1. The second kappa shape index (κ2) is 36.9. The molecule has 0 saturated heterocycles. The van der Waals surface area contributed by atoms with Crippen LogP contribution in [0.2, 0.25) is 0 Å². The highest BCUT2D eigenvalue weighted by Crippen LogP contribution is 2.43. The van der Waals surface area contributed by atoms with E-state index >= 15 is 0 Å². The highest BCUT2D eigenvalue weighted by atomic mass is 31.2. The van der Waals surface area contributed by atoms with Crippen LogP contribution in [0.25, 0.3) is 0 Å². The molecule has 0 saturated carbocycles. The number of carbonyl (C=O) groups excluding carboxylic acids is 5. The number of carboxylic acids is 1. The summed E-state index contributed by atoms with van der Waals surface area (Å²) < 4.78 is 34.3. The summed E-state index contributed by atoms with van der Waals surface area (Å²) in [6.45, 7) is 5.62. The highest BCUT2D eigenvalue weighted by Gasteiger charge is 2.28. The van der Waals surface area contributed by atoms with Crippen LogP contribution < -0.4 is 21.7 Å². The second-order valence-corrected chi connectivity index (χ2v) is 19.8. The molecule has 0 aliphatic heterocycles. The number of aliphatic carboxylic acids is 1. The first-order valence-electron chi connectivity index (χ1n) is 23.9. The number of nitrogens with one attached hydrogen (secondary N) is 3. The van der Waals surface area contributed by atoms with Gasteiger partial charge < -0.3 is 50.5 Å². The Balaban J connectivity index is 4.89. The Hall–Kier alpha value is -3.19. The molecule has 4 atom stereocenters. The van der Waals surface area contributed by atoms with E-state index < -0.39 is 81.3 Å². The molecule has 20 heteroatoms. The molecule has 1 unspecified atom stereocenters. The second-order valence-electron chi connectivity index (χ2n) is 18.4. The van der Waals surface area contributed by atoms with Crippen LogP contribution in [-0.4, -0.2) is 154 Å². The van der Waals surface area contributed by atoms with Gasteiger partial charge in [0, 0.05) is 12.8 Å². The van der Waals surface area contributed by atoms with Gasteiger partial charge in [0.25, 0.3) is 0 Å². The van der Waals surface area contributed by atoms with Gasteiger partial charge in [-0.3, -0.25) is 37.8 Å². The van der Waals surface area contributed by atoms with Crippen molar-refractivity contribution in [3.8, 4) is 0 Å². The molecule has 0 aliphatic carbocycles. The van der Waals surface area contributed by atoms with Crippen LogP contribution in [0.5, 0.6) is 0 Å². The van der Waals surface area contributed by atoms with E-state index in [9.17, 15) is 38.2 Å². The standard InChI is InChI=1S/C45H87N6O13P/c1-8-9-10-11-12-13-14-15-16-17-18-19-20-26-41(55)61-34-37(35-63-65(59,60)62-31-30-51(5,6)7)64-42(56)27-22-24-29-50(4)28-23-21-25-38(49-45(58)43(46)36(2)3)44(57)48-32-39(52)47-33-40(53)54/h36-38,43H,8-35,46H2,1-7H3,(H4-,47,48,49,52,53,54,57,58,59,60)/p+1/t37-,38-,43-/m0/s1. The van der Waals surface area contributed by atoms with Crippen LogP contribution in [0.4, 0.5) is 0 Å². The molecule has 0 radical (unpaired) electrons. The number of amides is 3. The summed E-state index contributed by atoms with van der Waals surface area (Å²) in [7, 11) is 3.17. The van der Waals surface area contributed by atoms with Gasteiger partial charge in [0.2, 0.25) is 17.7 Å². The molecule has 7 N–H and O–H groups in total. The molecule has 19 nitrogen and oxygen atoms in total. The van der Waals surface area contributed by atoms with Crippen molar-refractivity contribution in [1.82, 2.24) is 20.9 Å². The smallest absolute Gasteiger partial charge is 0.472 e. The Kier molecular flexibility index (Phi) is 35.1. The molecule has 0 bridgehead atoms.